The van der Waals surface area contributed by atoms with E-state index in [4.69, 9.17) is 4.52 Å². The molecule has 0 atom stereocenters. The van der Waals surface area contributed by atoms with Crippen LogP contribution in [0.2, 0.25) is 0 Å². The number of aromatic nitrogens is 2. The van der Waals surface area contributed by atoms with Gasteiger partial charge in [0.05, 0.1) is 18.8 Å². The fraction of sp³-hybridized carbons (Fsp3) is 0.167. The minimum absolute atomic E-state index is 0.00284. The van der Waals surface area contributed by atoms with Gasteiger partial charge in [0.25, 0.3) is 10.0 Å². The van der Waals surface area contributed by atoms with Gasteiger partial charge in [-0.25, -0.2) is 21.9 Å². The van der Waals surface area contributed by atoms with Crippen molar-refractivity contribution in [1.82, 2.24) is 14.4 Å². The Morgan fingerprint density at radius 1 is 1.07 bits per heavy atom. The van der Waals surface area contributed by atoms with Crippen molar-refractivity contribution < 1.29 is 22.1 Å². The van der Waals surface area contributed by atoms with Crippen LogP contribution >= 0.6 is 0 Å². The SMILES string of the molecule is Cc1nc(CN2C(=O)N(Cc3ccc(F)cc3)S(=O)(=O)c3ccccc32)no1. The number of carbonyl (C=O) groups is 1. The molecule has 28 heavy (non-hydrogen) atoms. The van der Waals surface area contributed by atoms with Gasteiger partial charge in [-0.1, -0.05) is 29.4 Å². The van der Waals surface area contributed by atoms with Crippen LogP contribution in [0.25, 0.3) is 0 Å². The number of rotatable bonds is 4. The first kappa shape index (κ1) is 18.1. The van der Waals surface area contributed by atoms with Crippen molar-refractivity contribution in [2.45, 2.75) is 24.9 Å². The van der Waals surface area contributed by atoms with Crippen molar-refractivity contribution in [1.29, 1.82) is 0 Å². The maximum absolute atomic E-state index is 13.2. The van der Waals surface area contributed by atoms with E-state index < -0.39 is 21.9 Å². The van der Waals surface area contributed by atoms with Gasteiger partial charge >= 0.3 is 6.03 Å². The first-order valence-corrected chi connectivity index (χ1v) is 9.77. The molecule has 0 N–H and O–H groups in total. The van der Waals surface area contributed by atoms with Crippen molar-refractivity contribution in [2.24, 2.45) is 0 Å². The maximum atomic E-state index is 13.2. The van der Waals surface area contributed by atoms with Crippen LogP contribution in [0.4, 0.5) is 14.9 Å². The zero-order valence-corrected chi connectivity index (χ0v) is 15.6. The van der Waals surface area contributed by atoms with E-state index in [0.717, 1.165) is 4.31 Å². The molecule has 2 amide bonds. The largest absolute Gasteiger partial charge is 0.340 e. The molecule has 0 unspecified atom stereocenters. The number of fused-ring (bicyclic) bond motifs is 1. The van der Waals surface area contributed by atoms with E-state index in [1.165, 1.54) is 35.2 Å². The summed E-state index contributed by atoms with van der Waals surface area (Å²) in [6.45, 7) is 1.34. The molecule has 0 radical (unpaired) electrons. The summed E-state index contributed by atoms with van der Waals surface area (Å²) in [5.41, 5.74) is 0.721. The zero-order chi connectivity index (χ0) is 19.9. The number of hydrogen-bond donors (Lipinski definition) is 0. The Kier molecular flexibility index (Phi) is 4.34. The molecule has 144 valence electrons. The average Bonchev–Trinajstić information content (AvgIpc) is 3.09. The van der Waals surface area contributed by atoms with Crippen LogP contribution in [0.1, 0.15) is 17.3 Å². The van der Waals surface area contributed by atoms with E-state index in [2.05, 4.69) is 10.1 Å². The highest BCUT2D eigenvalue weighted by Crippen LogP contribution is 2.35. The molecule has 2 heterocycles. The Morgan fingerprint density at radius 3 is 2.46 bits per heavy atom. The van der Waals surface area contributed by atoms with Crippen molar-refractivity contribution in [3.8, 4) is 0 Å². The molecule has 4 rings (SSSR count). The Hall–Kier alpha value is -3.27. The molecule has 10 heteroatoms. The number of carbonyl (C=O) groups excluding carboxylic acids is 1. The number of amides is 2. The van der Waals surface area contributed by atoms with Crippen LogP contribution < -0.4 is 4.90 Å². The maximum Gasteiger partial charge on any atom is 0.339 e. The quantitative estimate of drug-likeness (QED) is 0.666. The fourth-order valence-corrected chi connectivity index (χ4v) is 4.52. The van der Waals surface area contributed by atoms with Gasteiger partial charge in [-0.2, -0.15) is 4.98 Å². The Bertz CT molecular complexity index is 1140. The molecule has 0 bridgehead atoms. The average molecular weight is 402 g/mol. The summed E-state index contributed by atoms with van der Waals surface area (Å²) in [5.74, 6) is 0.140. The van der Waals surface area contributed by atoms with Crippen molar-refractivity contribution in [3.63, 3.8) is 0 Å². The second-order valence-electron chi connectivity index (χ2n) is 6.20. The van der Waals surface area contributed by atoms with Gasteiger partial charge in [-0.3, -0.25) is 4.90 Å². The highest BCUT2D eigenvalue weighted by molar-refractivity contribution is 7.90. The number of aryl methyl sites for hydroxylation is 1. The standard InChI is InChI=1S/C18H15FN4O4S/c1-12-20-17(21-27-12)11-22-15-4-2-3-5-16(15)28(25,26)23(18(22)24)10-13-6-8-14(19)9-7-13/h2-9H,10-11H2,1H3. The molecule has 8 nitrogen and oxygen atoms in total. The van der Waals surface area contributed by atoms with Crippen LogP contribution in [0, 0.1) is 12.7 Å². The monoisotopic (exact) mass is 402 g/mol. The summed E-state index contributed by atoms with van der Waals surface area (Å²) in [5, 5.41) is 3.78. The van der Waals surface area contributed by atoms with Gasteiger partial charge < -0.3 is 4.52 Å². The summed E-state index contributed by atoms with van der Waals surface area (Å²) in [7, 11) is -4.08. The Labute approximate surface area is 160 Å². The lowest BCUT2D eigenvalue weighted by atomic mass is 10.2. The molecular formula is C18H15FN4O4S. The van der Waals surface area contributed by atoms with Crippen LogP contribution in [-0.2, 0) is 23.1 Å². The minimum Gasteiger partial charge on any atom is -0.340 e. The molecule has 0 saturated carbocycles. The van der Waals surface area contributed by atoms with Gasteiger partial charge in [0, 0.05) is 6.92 Å². The molecule has 0 aliphatic carbocycles. The number of anilines is 1. The number of halogens is 1. The van der Waals surface area contributed by atoms with Crippen LogP contribution in [-0.4, -0.2) is 28.9 Å². The minimum atomic E-state index is -4.08. The fourth-order valence-electron chi connectivity index (χ4n) is 2.97. The van der Waals surface area contributed by atoms with Crippen LogP contribution in [0.15, 0.2) is 57.9 Å². The topological polar surface area (TPSA) is 96.6 Å². The highest BCUT2D eigenvalue weighted by atomic mass is 32.2. The predicted octanol–water partition coefficient (Wildman–Crippen LogP) is 2.85. The van der Waals surface area contributed by atoms with Gasteiger partial charge in [-0.15, -0.1) is 0 Å². The number of hydrogen-bond acceptors (Lipinski definition) is 6. The third-order valence-electron chi connectivity index (χ3n) is 4.28. The lowest BCUT2D eigenvalue weighted by Gasteiger charge is -2.35. The molecule has 3 aromatic rings. The first-order valence-electron chi connectivity index (χ1n) is 8.33. The molecular weight excluding hydrogens is 387 g/mol. The van der Waals surface area contributed by atoms with E-state index in [-0.39, 0.29) is 29.5 Å². The zero-order valence-electron chi connectivity index (χ0n) is 14.7. The van der Waals surface area contributed by atoms with E-state index in [9.17, 15) is 17.6 Å². The predicted molar refractivity (Wildman–Crippen MR) is 96.2 cm³/mol. The van der Waals surface area contributed by atoms with Gasteiger partial charge in [0.15, 0.2) is 5.82 Å². The van der Waals surface area contributed by atoms with Crippen LogP contribution in [0.5, 0.6) is 0 Å². The molecule has 2 aromatic carbocycles. The lowest BCUT2D eigenvalue weighted by molar-refractivity contribution is 0.226. The summed E-state index contributed by atoms with van der Waals surface area (Å²) >= 11 is 0. The van der Waals surface area contributed by atoms with E-state index in [1.54, 1.807) is 25.1 Å². The molecule has 1 aliphatic heterocycles. The van der Waals surface area contributed by atoms with Crippen molar-refractivity contribution in [2.75, 3.05) is 4.90 Å². The van der Waals surface area contributed by atoms with Gasteiger partial charge in [0.1, 0.15) is 10.7 Å². The summed E-state index contributed by atoms with van der Waals surface area (Å²) in [4.78, 5) is 18.5. The summed E-state index contributed by atoms with van der Waals surface area (Å²) in [6, 6.07) is 10.8. The van der Waals surface area contributed by atoms with E-state index in [1.807, 2.05) is 0 Å². The highest BCUT2D eigenvalue weighted by Gasteiger charge is 2.41. The molecule has 1 aliphatic rings. The second-order valence-corrected chi connectivity index (χ2v) is 8.03. The molecule has 0 saturated heterocycles. The Balaban J connectivity index is 1.76. The number of para-hydroxylation sites is 1. The lowest BCUT2D eigenvalue weighted by Crippen LogP contribution is -2.50. The molecule has 0 fully saturated rings. The summed E-state index contributed by atoms with van der Waals surface area (Å²) in [6.07, 6.45) is 0. The van der Waals surface area contributed by atoms with Crippen molar-refractivity contribution in [3.05, 3.63) is 71.6 Å². The normalized spacial score (nSPS) is 15.6. The second kappa shape index (κ2) is 6.71. The third-order valence-corrected chi connectivity index (χ3v) is 6.04. The smallest absolute Gasteiger partial charge is 0.339 e. The van der Waals surface area contributed by atoms with E-state index >= 15 is 0 Å². The first-order chi connectivity index (χ1) is 13.4. The number of benzene rings is 2. The van der Waals surface area contributed by atoms with E-state index in [0.29, 0.717) is 11.5 Å². The van der Waals surface area contributed by atoms with Crippen LogP contribution in [0.3, 0.4) is 0 Å². The molecule has 1 aromatic heterocycles. The number of urea groups is 1. The summed E-state index contributed by atoms with van der Waals surface area (Å²) < 4.78 is 44.9. The van der Waals surface area contributed by atoms with Crippen molar-refractivity contribution >= 4 is 21.7 Å². The number of nitrogens with zero attached hydrogens (tertiary/aromatic N) is 4. The van der Waals surface area contributed by atoms with Gasteiger partial charge in [-0.05, 0) is 29.8 Å². The Morgan fingerprint density at radius 2 is 1.79 bits per heavy atom. The number of sulfonamides is 1. The molecule has 0 spiro atoms. The third kappa shape index (κ3) is 3.11. The van der Waals surface area contributed by atoms with Gasteiger partial charge in [0.2, 0.25) is 5.89 Å².